The van der Waals surface area contributed by atoms with Crippen molar-refractivity contribution < 1.29 is 50.5 Å². The SMILES string of the molecule is COc1cc(OC)cc(OC2CCc3cc(C(O)(C(F)(F)F)C(F)(F)F)ccc3N(C(=O)C(C)c3ccccc3)C2)c1. The van der Waals surface area contributed by atoms with E-state index in [4.69, 9.17) is 14.2 Å². The Morgan fingerprint density at radius 3 is 2.00 bits per heavy atom. The number of halogens is 6. The number of amides is 1. The molecule has 42 heavy (non-hydrogen) atoms. The Morgan fingerprint density at radius 1 is 0.881 bits per heavy atom. The summed E-state index contributed by atoms with van der Waals surface area (Å²) in [6.07, 6.45) is -12.7. The van der Waals surface area contributed by atoms with Crippen molar-refractivity contribution in [2.45, 2.75) is 49.7 Å². The smallest absolute Gasteiger partial charge is 0.430 e. The predicted octanol–water partition coefficient (Wildman–Crippen LogP) is 6.55. The van der Waals surface area contributed by atoms with Gasteiger partial charge in [-0.05, 0) is 37.0 Å². The molecule has 0 aromatic heterocycles. The fourth-order valence-electron chi connectivity index (χ4n) is 4.94. The first-order chi connectivity index (χ1) is 19.7. The molecule has 12 heteroatoms. The molecule has 0 aliphatic carbocycles. The van der Waals surface area contributed by atoms with Crippen LogP contribution in [0, 0.1) is 0 Å². The summed E-state index contributed by atoms with van der Waals surface area (Å²) in [7, 11) is 2.90. The lowest BCUT2D eigenvalue weighted by molar-refractivity contribution is -0.376. The van der Waals surface area contributed by atoms with Crippen LogP contribution < -0.4 is 19.1 Å². The quantitative estimate of drug-likeness (QED) is 0.313. The Labute approximate surface area is 238 Å². The van der Waals surface area contributed by atoms with Gasteiger partial charge in [0.25, 0.3) is 5.60 Å². The number of hydrogen-bond acceptors (Lipinski definition) is 5. The van der Waals surface area contributed by atoms with Crippen LogP contribution in [-0.4, -0.2) is 50.2 Å². The number of ether oxygens (including phenoxy) is 3. The van der Waals surface area contributed by atoms with Crippen LogP contribution in [0.4, 0.5) is 32.0 Å². The molecule has 226 valence electrons. The molecule has 3 aromatic rings. The number of carbonyl (C=O) groups excluding carboxylic acids is 1. The number of rotatable bonds is 7. The summed E-state index contributed by atoms with van der Waals surface area (Å²) in [6, 6.07) is 15.8. The van der Waals surface area contributed by atoms with Crippen LogP contribution in [0.2, 0.25) is 0 Å². The number of anilines is 1. The van der Waals surface area contributed by atoms with Gasteiger partial charge in [-0.1, -0.05) is 42.5 Å². The standard InChI is InChI=1S/C30H29F6NO5/c1-18(19-7-5-4-6-8-19)27(38)37-17-22(42-25-15-23(40-2)14-24(16-25)41-3)11-9-20-13-21(10-12-26(20)37)28(39,29(31,32)33)30(34,35)36/h4-8,10,12-16,18,22,39H,9,11,17H2,1-3H3. The Bertz CT molecular complexity index is 1370. The zero-order chi connectivity index (χ0) is 30.9. The maximum absolute atomic E-state index is 13.8. The minimum Gasteiger partial charge on any atom is -0.496 e. The molecule has 2 unspecified atom stereocenters. The first-order valence-corrected chi connectivity index (χ1v) is 12.9. The molecule has 0 bridgehead atoms. The molecule has 0 saturated carbocycles. The second-order valence-electron chi connectivity index (χ2n) is 9.96. The van der Waals surface area contributed by atoms with Crippen molar-refractivity contribution in [2.75, 3.05) is 25.7 Å². The van der Waals surface area contributed by atoms with Crippen LogP contribution in [-0.2, 0) is 16.8 Å². The molecule has 0 spiro atoms. The van der Waals surface area contributed by atoms with Crippen molar-refractivity contribution >= 4 is 11.6 Å². The number of aryl methyl sites for hydroxylation is 1. The maximum Gasteiger partial charge on any atom is 0.430 e. The average molecular weight is 598 g/mol. The van der Waals surface area contributed by atoms with E-state index < -0.39 is 41.4 Å². The van der Waals surface area contributed by atoms with E-state index in [0.29, 0.717) is 34.9 Å². The van der Waals surface area contributed by atoms with Gasteiger partial charge in [-0.15, -0.1) is 0 Å². The van der Waals surface area contributed by atoms with Gasteiger partial charge in [-0.25, -0.2) is 0 Å². The summed E-state index contributed by atoms with van der Waals surface area (Å²) in [5.41, 5.74) is -5.65. The summed E-state index contributed by atoms with van der Waals surface area (Å²) in [5, 5.41) is 10.0. The van der Waals surface area contributed by atoms with Crippen molar-refractivity contribution in [3.05, 3.63) is 83.4 Å². The Balaban J connectivity index is 1.77. The number of aliphatic hydroxyl groups is 1. The van der Waals surface area contributed by atoms with E-state index in [1.54, 1.807) is 55.5 Å². The molecule has 1 amide bonds. The molecule has 0 radical (unpaired) electrons. The van der Waals surface area contributed by atoms with Crippen LogP contribution in [0.1, 0.15) is 36.0 Å². The highest BCUT2D eigenvalue weighted by Crippen LogP contribution is 2.51. The van der Waals surface area contributed by atoms with E-state index in [1.165, 1.54) is 19.1 Å². The van der Waals surface area contributed by atoms with E-state index in [9.17, 15) is 36.2 Å². The summed E-state index contributed by atoms with van der Waals surface area (Å²) < 4.78 is 98.6. The molecule has 1 aliphatic rings. The molecule has 1 aliphatic heterocycles. The molecular formula is C30H29F6NO5. The average Bonchev–Trinajstić information content (AvgIpc) is 3.14. The van der Waals surface area contributed by atoms with Crippen molar-refractivity contribution in [3.63, 3.8) is 0 Å². The molecule has 0 saturated heterocycles. The second-order valence-corrected chi connectivity index (χ2v) is 9.96. The van der Waals surface area contributed by atoms with Gasteiger partial charge >= 0.3 is 12.4 Å². The van der Waals surface area contributed by atoms with Gasteiger partial charge in [0.1, 0.15) is 23.4 Å². The largest absolute Gasteiger partial charge is 0.496 e. The Kier molecular flexibility index (Phi) is 8.68. The number of methoxy groups -OCH3 is 2. The zero-order valence-corrected chi connectivity index (χ0v) is 22.9. The lowest BCUT2D eigenvalue weighted by Gasteiger charge is -2.34. The Morgan fingerprint density at radius 2 is 1.45 bits per heavy atom. The molecule has 1 N–H and O–H groups in total. The minimum absolute atomic E-state index is 0.0300. The number of carbonyl (C=O) groups is 1. The highest BCUT2D eigenvalue weighted by Gasteiger charge is 2.71. The normalized spacial score (nSPS) is 16.7. The molecule has 0 fully saturated rings. The van der Waals surface area contributed by atoms with Gasteiger partial charge in [0, 0.05) is 29.4 Å². The predicted molar refractivity (Wildman–Crippen MR) is 142 cm³/mol. The van der Waals surface area contributed by atoms with E-state index in [0.717, 1.165) is 6.07 Å². The summed E-state index contributed by atoms with van der Waals surface area (Å²) >= 11 is 0. The number of hydrogen-bond donors (Lipinski definition) is 1. The van der Waals surface area contributed by atoms with Gasteiger partial charge < -0.3 is 24.2 Å². The van der Waals surface area contributed by atoms with E-state index in [-0.39, 0.29) is 30.6 Å². The topological polar surface area (TPSA) is 68.2 Å². The van der Waals surface area contributed by atoms with Crippen molar-refractivity contribution in [3.8, 4) is 17.2 Å². The van der Waals surface area contributed by atoms with E-state index in [1.807, 2.05) is 0 Å². The van der Waals surface area contributed by atoms with E-state index in [2.05, 4.69) is 0 Å². The monoisotopic (exact) mass is 597 g/mol. The lowest BCUT2D eigenvalue weighted by Crippen LogP contribution is -2.54. The third-order valence-electron chi connectivity index (χ3n) is 7.29. The highest BCUT2D eigenvalue weighted by atomic mass is 19.4. The van der Waals surface area contributed by atoms with E-state index >= 15 is 0 Å². The first kappa shape index (κ1) is 31.0. The fourth-order valence-corrected chi connectivity index (χ4v) is 4.94. The number of fused-ring (bicyclic) bond motifs is 1. The van der Waals surface area contributed by atoms with Gasteiger partial charge in [-0.2, -0.15) is 26.3 Å². The van der Waals surface area contributed by atoms with Crippen LogP contribution in [0.25, 0.3) is 0 Å². The summed E-state index contributed by atoms with van der Waals surface area (Å²) in [4.78, 5) is 15.1. The summed E-state index contributed by atoms with van der Waals surface area (Å²) in [5.74, 6) is 0.0487. The van der Waals surface area contributed by atoms with Crippen LogP contribution in [0.15, 0.2) is 66.7 Å². The molecule has 2 atom stereocenters. The van der Waals surface area contributed by atoms with Crippen molar-refractivity contribution in [2.24, 2.45) is 0 Å². The van der Waals surface area contributed by atoms with Crippen molar-refractivity contribution in [1.82, 2.24) is 0 Å². The van der Waals surface area contributed by atoms with Crippen molar-refractivity contribution in [1.29, 1.82) is 0 Å². The second kappa shape index (κ2) is 11.7. The molecular weight excluding hydrogens is 568 g/mol. The molecule has 6 nitrogen and oxygen atoms in total. The number of alkyl halides is 6. The summed E-state index contributed by atoms with van der Waals surface area (Å²) in [6.45, 7) is 1.61. The van der Waals surface area contributed by atoms with Crippen LogP contribution in [0.5, 0.6) is 17.2 Å². The van der Waals surface area contributed by atoms with Crippen LogP contribution in [0.3, 0.4) is 0 Å². The highest BCUT2D eigenvalue weighted by molar-refractivity contribution is 5.98. The zero-order valence-electron chi connectivity index (χ0n) is 22.9. The number of benzene rings is 3. The van der Waals surface area contributed by atoms with Gasteiger partial charge in [0.05, 0.1) is 26.7 Å². The molecule has 1 heterocycles. The van der Waals surface area contributed by atoms with Crippen LogP contribution >= 0.6 is 0 Å². The lowest BCUT2D eigenvalue weighted by atomic mass is 9.89. The Hall–Kier alpha value is -3.93. The minimum atomic E-state index is -6.04. The number of nitrogens with zero attached hydrogens (tertiary/aromatic N) is 1. The van der Waals surface area contributed by atoms with Gasteiger partial charge in [0.2, 0.25) is 5.91 Å². The molecule has 4 rings (SSSR count). The first-order valence-electron chi connectivity index (χ1n) is 12.9. The van der Waals surface area contributed by atoms with Gasteiger partial charge in [-0.3, -0.25) is 4.79 Å². The third-order valence-corrected chi connectivity index (χ3v) is 7.29. The third kappa shape index (κ3) is 5.99. The maximum atomic E-state index is 13.8. The van der Waals surface area contributed by atoms with Gasteiger partial charge in [0.15, 0.2) is 0 Å². The molecule has 3 aromatic carbocycles. The fraction of sp³-hybridized carbons (Fsp3) is 0.367.